The fourth-order valence-corrected chi connectivity index (χ4v) is 2.49. The van der Waals surface area contributed by atoms with Gasteiger partial charge in [-0.3, -0.25) is 4.55 Å². The number of benzene rings is 1. The van der Waals surface area contributed by atoms with Crippen molar-refractivity contribution in [2.75, 3.05) is 26.6 Å². The van der Waals surface area contributed by atoms with E-state index in [1.54, 1.807) is 6.08 Å². The van der Waals surface area contributed by atoms with Crippen molar-refractivity contribution >= 4 is 10.4 Å². The topological polar surface area (TPSA) is 91.3 Å². The number of ether oxygens (including phenoxy) is 3. The van der Waals surface area contributed by atoms with Gasteiger partial charge < -0.3 is 14.2 Å². The lowest BCUT2D eigenvalue weighted by Crippen LogP contribution is -2.29. The fourth-order valence-electron chi connectivity index (χ4n) is 2.31. The molecule has 0 aromatic heterocycles. The molecule has 0 spiro atoms. The lowest BCUT2D eigenvalue weighted by molar-refractivity contribution is -0.0831. The van der Waals surface area contributed by atoms with Crippen LogP contribution in [0, 0.1) is 0 Å². The number of hydrogen-bond acceptors (Lipinski definition) is 6. The Kier molecular flexibility index (Phi) is 12.0. The lowest BCUT2D eigenvalue weighted by Gasteiger charge is -2.18. The van der Waals surface area contributed by atoms with Crippen LogP contribution in [0.5, 0.6) is 5.75 Å². The zero-order chi connectivity index (χ0) is 20.0. The smallest absolute Gasteiger partial charge is 0.399 e. The molecule has 154 valence electrons. The molecule has 1 aromatic rings. The van der Waals surface area contributed by atoms with Gasteiger partial charge in [-0.05, 0) is 30.5 Å². The van der Waals surface area contributed by atoms with Crippen molar-refractivity contribution < 1.29 is 31.4 Å². The van der Waals surface area contributed by atoms with Crippen molar-refractivity contribution in [2.45, 2.75) is 45.1 Å². The molecule has 0 heterocycles. The van der Waals surface area contributed by atoms with E-state index in [-0.39, 0.29) is 13.2 Å². The van der Waals surface area contributed by atoms with Gasteiger partial charge in [0, 0.05) is 0 Å². The third kappa shape index (κ3) is 12.5. The molecule has 0 saturated heterocycles. The van der Waals surface area contributed by atoms with Crippen molar-refractivity contribution in [1.82, 2.24) is 0 Å². The zero-order valence-electron chi connectivity index (χ0n) is 15.8. The Morgan fingerprint density at radius 1 is 1.15 bits per heavy atom. The van der Waals surface area contributed by atoms with E-state index in [9.17, 15) is 8.42 Å². The highest BCUT2D eigenvalue weighted by molar-refractivity contribution is 7.80. The Labute approximate surface area is 162 Å². The summed E-state index contributed by atoms with van der Waals surface area (Å²) in [6.45, 7) is 5.75. The van der Waals surface area contributed by atoms with Crippen LogP contribution in [0.25, 0.3) is 0 Å². The predicted octanol–water partition coefficient (Wildman–Crippen LogP) is 3.55. The van der Waals surface area contributed by atoms with Gasteiger partial charge in [0.2, 0.25) is 0 Å². The first-order valence-corrected chi connectivity index (χ1v) is 10.4. The molecule has 0 aliphatic rings. The molecule has 0 amide bonds. The molecule has 1 N–H and O–H groups in total. The minimum Gasteiger partial charge on any atom is -0.491 e. The summed E-state index contributed by atoms with van der Waals surface area (Å²) in [6.07, 6.45) is 6.97. The molecule has 1 atom stereocenters. The summed E-state index contributed by atoms with van der Waals surface area (Å²) in [5.74, 6) is 0.681. The molecular weight excluding hydrogens is 372 g/mol. The second kappa shape index (κ2) is 13.7. The first kappa shape index (κ1) is 23.6. The van der Waals surface area contributed by atoms with Gasteiger partial charge in [0.25, 0.3) is 0 Å². The van der Waals surface area contributed by atoms with Crippen LogP contribution in [0.2, 0.25) is 0 Å². The van der Waals surface area contributed by atoms with Crippen LogP contribution in [0.4, 0.5) is 0 Å². The molecule has 0 aliphatic carbocycles. The van der Waals surface area contributed by atoms with Crippen LogP contribution in [0.1, 0.15) is 38.2 Å². The molecule has 0 bridgehead atoms. The standard InChI is InChI=1S/C19H30O7S/c1-3-5-6-7-8-17-9-11-18(12-10-17)24-15-19(14-23-13-4-2)25-16-26-27(20,21)22/h4,9-12,19H,2-3,5-8,13-16H2,1H3,(H,20,21,22). The van der Waals surface area contributed by atoms with E-state index in [2.05, 4.69) is 17.7 Å². The van der Waals surface area contributed by atoms with Gasteiger partial charge in [0.15, 0.2) is 6.79 Å². The molecule has 1 rings (SSSR count). The molecule has 1 unspecified atom stereocenters. The van der Waals surface area contributed by atoms with Crippen molar-refractivity contribution in [2.24, 2.45) is 0 Å². The van der Waals surface area contributed by atoms with Crippen LogP contribution in [0.3, 0.4) is 0 Å². The maximum absolute atomic E-state index is 10.6. The highest BCUT2D eigenvalue weighted by atomic mass is 32.3. The number of rotatable bonds is 16. The highest BCUT2D eigenvalue weighted by Crippen LogP contribution is 2.15. The fraction of sp³-hybridized carbons (Fsp3) is 0.579. The quantitative estimate of drug-likeness (QED) is 0.196. The summed E-state index contributed by atoms with van der Waals surface area (Å²) in [7, 11) is -4.55. The predicted molar refractivity (Wildman–Crippen MR) is 103 cm³/mol. The Morgan fingerprint density at radius 3 is 2.52 bits per heavy atom. The van der Waals surface area contributed by atoms with E-state index in [4.69, 9.17) is 18.8 Å². The second-order valence-electron chi connectivity index (χ2n) is 6.04. The summed E-state index contributed by atoms with van der Waals surface area (Å²) in [5, 5.41) is 0. The average molecular weight is 403 g/mol. The summed E-state index contributed by atoms with van der Waals surface area (Å²) in [4.78, 5) is 0. The molecule has 8 heteroatoms. The zero-order valence-corrected chi connectivity index (χ0v) is 16.7. The minimum absolute atomic E-state index is 0.141. The maximum atomic E-state index is 10.6. The summed E-state index contributed by atoms with van der Waals surface area (Å²) in [6, 6.07) is 7.86. The first-order valence-electron chi connectivity index (χ1n) is 9.08. The van der Waals surface area contributed by atoms with Gasteiger partial charge >= 0.3 is 10.4 Å². The Morgan fingerprint density at radius 2 is 1.89 bits per heavy atom. The van der Waals surface area contributed by atoms with E-state index in [0.717, 1.165) is 6.42 Å². The number of aryl methyl sites for hydroxylation is 1. The molecule has 0 aliphatic heterocycles. The number of unbranched alkanes of at least 4 members (excludes halogenated alkanes) is 3. The third-order valence-corrected chi connectivity index (χ3v) is 4.11. The summed E-state index contributed by atoms with van der Waals surface area (Å²) in [5.41, 5.74) is 1.27. The van der Waals surface area contributed by atoms with Gasteiger partial charge in [0.1, 0.15) is 18.5 Å². The number of hydrogen-bond donors (Lipinski definition) is 1. The molecule has 27 heavy (non-hydrogen) atoms. The SMILES string of the molecule is C=CCOCC(COc1ccc(CCCCCC)cc1)OCOS(=O)(=O)O. The highest BCUT2D eigenvalue weighted by Gasteiger charge is 2.13. The lowest BCUT2D eigenvalue weighted by atomic mass is 10.1. The molecule has 1 aromatic carbocycles. The van der Waals surface area contributed by atoms with Crippen molar-refractivity contribution in [3.05, 3.63) is 42.5 Å². The normalized spacial score (nSPS) is 12.7. The first-order chi connectivity index (χ1) is 12.9. The van der Waals surface area contributed by atoms with Crippen LogP contribution in [-0.2, 0) is 30.5 Å². The van der Waals surface area contributed by atoms with Crippen LogP contribution >= 0.6 is 0 Å². The third-order valence-electron chi connectivity index (χ3n) is 3.72. The largest absolute Gasteiger partial charge is 0.491 e. The minimum atomic E-state index is -4.55. The Hall–Kier alpha value is -1.45. The average Bonchev–Trinajstić information content (AvgIpc) is 2.63. The van der Waals surface area contributed by atoms with E-state index in [1.807, 2.05) is 24.3 Å². The van der Waals surface area contributed by atoms with E-state index in [0.29, 0.717) is 12.4 Å². The van der Waals surface area contributed by atoms with Crippen LogP contribution < -0.4 is 4.74 Å². The van der Waals surface area contributed by atoms with E-state index >= 15 is 0 Å². The van der Waals surface area contributed by atoms with Gasteiger partial charge in [0.05, 0.1) is 13.2 Å². The maximum Gasteiger partial charge on any atom is 0.399 e. The Balaban J connectivity index is 2.43. The molecular formula is C19H30O7S. The molecule has 7 nitrogen and oxygen atoms in total. The molecule has 0 radical (unpaired) electrons. The van der Waals surface area contributed by atoms with E-state index < -0.39 is 23.3 Å². The van der Waals surface area contributed by atoms with Crippen LogP contribution in [-0.4, -0.2) is 45.7 Å². The molecule has 0 saturated carbocycles. The van der Waals surface area contributed by atoms with Gasteiger partial charge in [-0.15, -0.1) is 6.58 Å². The van der Waals surface area contributed by atoms with Crippen molar-refractivity contribution in [3.63, 3.8) is 0 Å². The van der Waals surface area contributed by atoms with Crippen LogP contribution in [0.15, 0.2) is 36.9 Å². The summed E-state index contributed by atoms with van der Waals surface area (Å²) < 4.78 is 50.1. The summed E-state index contributed by atoms with van der Waals surface area (Å²) >= 11 is 0. The van der Waals surface area contributed by atoms with Gasteiger partial charge in [-0.1, -0.05) is 44.4 Å². The van der Waals surface area contributed by atoms with Crippen molar-refractivity contribution in [1.29, 1.82) is 0 Å². The van der Waals surface area contributed by atoms with Crippen molar-refractivity contribution in [3.8, 4) is 5.75 Å². The van der Waals surface area contributed by atoms with Gasteiger partial charge in [-0.25, -0.2) is 4.18 Å². The monoisotopic (exact) mass is 402 g/mol. The Bertz CT molecular complexity index is 613. The van der Waals surface area contributed by atoms with E-state index in [1.165, 1.54) is 31.2 Å². The second-order valence-corrected chi connectivity index (χ2v) is 7.14. The molecule has 0 fully saturated rings. The van der Waals surface area contributed by atoms with Gasteiger partial charge in [-0.2, -0.15) is 8.42 Å².